The molecule has 0 saturated carbocycles. The third-order valence-corrected chi connectivity index (χ3v) is 3.02. The number of carbonyl (C=O) groups is 1. The van der Waals surface area contributed by atoms with Crippen LogP contribution in [0.5, 0.6) is 11.9 Å². The van der Waals surface area contributed by atoms with Crippen molar-refractivity contribution in [2.24, 2.45) is 0 Å². The molecule has 1 aromatic heterocycles. The van der Waals surface area contributed by atoms with Crippen LogP contribution in [0.25, 0.3) is 0 Å². The summed E-state index contributed by atoms with van der Waals surface area (Å²) in [6, 6.07) is 5.90. The Kier molecular flexibility index (Phi) is 5.51. The van der Waals surface area contributed by atoms with E-state index in [0.717, 1.165) is 11.1 Å². The van der Waals surface area contributed by atoms with Crippen molar-refractivity contribution in [3.63, 3.8) is 0 Å². The molecule has 1 N–H and O–H groups in total. The van der Waals surface area contributed by atoms with Gasteiger partial charge in [0.15, 0.2) is 0 Å². The summed E-state index contributed by atoms with van der Waals surface area (Å²) in [4.78, 5) is 20.7. The van der Waals surface area contributed by atoms with E-state index in [4.69, 9.17) is 9.47 Å². The highest BCUT2D eigenvalue weighted by atomic mass is 16.5. The van der Waals surface area contributed by atoms with E-state index in [1.54, 1.807) is 0 Å². The fourth-order valence-corrected chi connectivity index (χ4v) is 2.18. The van der Waals surface area contributed by atoms with Crippen molar-refractivity contribution < 1.29 is 14.3 Å². The van der Waals surface area contributed by atoms with Crippen molar-refractivity contribution >= 4 is 11.6 Å². The number of benzene rings is 1. The zero-order valence-electron chi connectivity index (χ0n) is 13.8. The van der Waals surface area contributed by atoms with Gasteiger partial charge in [-0.25, -0.2) is 4.98 Å². The third-order valence-electron chi connectivity index (χ3n) is 3.02. The minimum atomic E-state index is -0.231. The van der Waals surface area contributed by atoms with Gasteiger partial charge in [0.25, 0.3) is 5.91 Å². The van der Waals surface area contributed by atoms with Gasteiger partial charge in [-0.2, -0.15) is 4.98 Å². The van der Waals surface area contributed by atoms with Crippen molar-refractivity contribution in [1.29, 1.82) is 0 Å². The van der Waals surface area contributed by atoms with Gasteiger partial charge in [0.1, 0.15) is 5.69 Å². The molecule has 0 atom stereocenters. The molecule has 23 heavy (non-hydrogen) atoms. The van der Waals surface area contributed by atoms with Gasteiger partial charge in [-0.15, -0.1) is 0 Å². The Morgan fingerprint density at radius 2 is 1.74 bits per heavy atom. The largest absolute Gasteiger partial charge is 0.476 e. The minimum Gasteiger partial charge on any atom is -0.476 e. The van der Waals surface area contributed by atoms with Gasteiger partial charge in [-0.3, -0.25) is 4.79 Å². The second-order valence-electron chi connectivity index (χ2n) is 5.07. The van der Waals surface area contributed by atoms with Gasteiger partial charge < -0.3 is 14.8 Å². The van der Waals surface area contributed by atoms with E-state index in [1.165, 1.54) is 6.20 Å². The van der Waals surface area contributed by atoms with Crippen LogP contribution in [-0.4, -0.2) is 29.1 Å². The fraction of sp³-hybridized carbons (Fsp3) is 0.353. The number of nitrogens with one attached hydrogen (secondary N) is 1. The van der Waals surface area contributed by atoms with Gasteiger partial charge in [0, 0.05) is 5.56 Å². The van der Waals surface area contributed by atoms with Crippen LogP contribution in [0.2, 0.25) is 0 Å². The Hall–Kier alpha value is -2.63. The second kappa shape index (κ2) is 7.58. The maximum absolute atomic E-state index is 12.4. The Bertz CT molecular complexity index is 681. The molecule has 0 aliphatic carbocycles. The van der Waals surface area contributed by atoms with Gasteiger partial charge in [-0.1, -0.05) is 17.2 Å². The van der Waals surface area contributed by atoms with E-state index in [9.17, 15) is 4.79 Å². The molecular weight excluding hydrogens is 294 g/mol. The predicted molar refractivity (Wildman–Crippen MR) is 88.2 cm³/mol. The van der Waals surface area contributed by atoms with Crippen LogP contribution in [0.4, 0.5) is 5.69 Å². The molecule has 2 aromatic rings. The zero-order chi connectivity index (χ0) is 16.8. The van der Waals surface area contributed by atoms with Crippen LogP contribution in [0, 0.1) is 13.8 Å². The number of carbonyl (C=O) groups excluding carboxylic acids is 1. The topological polar surface area (TPSA) is 73.3 Å². The summed E-state index contributed by atoms with van der Waals surface area (Å²) in [6.45, 7) is 8.48. The maximum Gasteiger partial charge on any atom is 0.319 e. The predicted octanol–water partition coefficient (Wildman–Crippen LogP) is 3.14. The van der Waals surface area contributed by atoms with E-state index in [2.05, 4.69) is 15.3 Å². The Balaban J connectivity index is 2.25. The van der Waals surface area contributed by atoms with Crippen LogP contribution in [-0.2, 0) is 0 Å². The van der Waals surface area contributed by atoms with Crippen molar-refractivity contribution in [1.82, 2.24) is 9.97 Å². The highest BCUT2D eigenvalue weighted by molar-refractivity contribution is 6.05. The van der Waals surface area contributed by atoms with Crippen LogP contribution < -0.4 is 14.8 Å². The van der Waals surface area contributed by atoms with Crippen LogP contribution in [0.3, 0.4) is 0 Å². The molecule has 0 fully saturated rings. The lowest BCUT2D eigenvalue weighted by Gasteiger charge is -2.12. The number of aromatic nitrogens is 2. The molecule has 0 radical (unpaired) electrons. The number of anilines is 1. The number of aryl methyl sites for hydroxylation is 2. The van der Waals surface area contributed by atoms with E-state index in [1.807, 2.05) is 45.9 Å². The molecule has 1 heterocycles. The monoisotopic (exact) mass is 315 g/mol. The van der Waals surface area contributed by atoms with Gasteiger partial charge >= 0.3 is 6.01 Å². The molecule has 1 amide bonds. The summed E-state index contributed by atoms with van der Waals surface area (Å²) in [7, 11) is 0. The first-order valence-electron chi connectivity index (χ1n) is 7.55. The van der Waals surface area contributed by atoms with Crippen molar-refractivity contribution in [2.45, 2.75) is 27.7 Å². The quantitative estimate of drug-likeness (QED) is 0.886. The van der Waals surface area contributed by atoms with E-state index < -0.39 is 0 Å². The first kappa shape index (κ1) is 16.7. The van der Waals surface area contributed by atoms with Crippen LogP contribution in [0.15, 0.2) is 24.4 Å². The minimum absolute atomic E-state index is 0.223. The summed E-state index contributed by atoms with van der Waals surface area (Å²) < 4.78 is 10.7. The van der Waals surface area contributed by atoms with Crippen LogP contribution in [0.1, 0.15) is 35.3 Å². The smallest absolute Gasteiger partial charge is 0.319 e. The SMILES string of the molecule is CCOc1ncc(NC(=O)c2cc(C)cc(C)c2)c(OCC)n1. The lowest BCUT2D eigenvalue weighted by molar-refractivity contribution is 0.102. The molecule has 0 spiro atoms. The number of rotatable bonds is 6. The summed E-state index contributed by atoms with van der Waals surface area (Å²) in [5, 5.41) is 2.79. The fourth-order valence-electron chi connectivity index (χ4n) is 2.18. The number of nitrogens with zero attached hydrogens (tertiary/aromatic N) is 2. The Morgan fingerprint density at radius 3 is 2.35 bits per heavy atom. The molecule has 2 rings (SSSR count). The molecule has 0 saturated heterocycles. The van der Waals surface area contributed by atoms with Gasteiger partial charge in [0.2, 0.25) is 5.88 Å². The summed E-state index contributed by atoms with van der Waals surface area (Å²) in [5.74, 6) is 0.0641. The molecule has 122 valence electrons. The molecule has 6 heteroatoms. The third kappa shape index (κ3) is 4.42. The summed E-state index contributed by atoms with van der Waals surface area (Å²) in [6.07, 6.45) is 1.49. The zero-order valence-corrected chi connectivity index (χ0v) is 13.8. The average molecular weight is 315 g/mol. The first-order valence-corrected chi connectivity index (χ1v) is 7.55. The molecule has 0 aliphatic heterocycles. The van der Waals surface area contributed by atoms with Crippen molar-refractivity contribution in [3.8, 4) is 11.9 Å². The lowest BCUT2D eigenvalue weighted by atomic mass is 10.1. The number of hydrogen-bond acceptors (Lipinski definition) is 5. The molecule has 0 bridgehead atoms. The first-order chi connectivity index (χ1) is 11.0. The van der Waals surface area contributed by atoms with E-state index >= 15 is 0 Å². The van der Waals surface area contributed by atoms with Gasteiger partial charge in [-0.05, 0) is 39.8 Å². The maximum atomic E-state index is 12.4. The van der Waals surface area contributed by atoms with E-state index in [-0.39, 0.29) is 11.9 Å². The lowest BCUT2D eigenvalue weighted by Crippen LogP contribution is -2.14. The average Bonchev–Trinajstić information content (AvgIpc) is 2.49. The number of ether oxygens (including phenoxy) is 2. The standard InChI is InChI=1S/C17H21N3O3/c1-5-22-16-14(10-18-17(20-16)23-6-2)19-15(21)13-8-11(3)7-12(4)9-13/h7-10H,5-6H2,1-4H3,(H,19,21). The normalized spacial score (nSPS) is 10.3. The number of hydrogen-bond donors (Lipinski definition) is 1. The highest BCUT2D eigenvalue weighted by Crippen LogP contribution is 2.24. The number of amides is 1. The summed E-state index contributed by atoms with van der Waals surface area (Å²) >= 11 is 0. The molecule has 0 unspecified atom stereocenters. The Morgan fingerprint density at radius 1 is 1.09 bits per heavy atom. The summed E-state index contributed by atoms with van der Waals surface area (Å²) in [5.41, 5.74) is 3.06. The second-order valence-corrected chi connectivity index (χ2v) is 5.07. The van der Waals surface area contributed by atoms with E-state index in [0.29, 0.717) is 30.3 Å². The molecule has 6 nitrogen and oxygen atoms in total. The molecular formula is C17H21N3O3. The highest BCUT2D eigenvalue weighted by Gasteiger charge is 2.14. The Labute approximate surface area is 135 Å². The van der Waals surface area contributed by atoms with Crippen molar-refractivity contribution in [2.75, 3.05) is 18.5 Å². The van der Waals surface area contributed by atoms with Crippen LogP contribution >= 0.6 is 0 Å². The molecule has 1 aromatic carbocycles. The van der Waals surface area contributed by atoms with Gasteiger partial charge in [0.05, 0.1) is 19.4 Å². The van der Waals surface area contributed by atoms with Crippen molar-refractivity contribution in [3.05, 3.63) is 41.1 Å². The molecule has 0 aliphatic rings.